The van der Waals surface area contributed by atoms with E-state index >= 15 is 0 Å². The van der Waals surface area contributed by atoms with Crippen LogP contribution in [-0.4, -0.2) is 85.4 Å². The van der Waals surface area contributed by atoms with Crippen LogP contribution in [0.2, 0.25) is 0 Å². The lowest BCUT2D eigenvalue weighted by atomic mass is 9.87. The topological polar surface area (TPSA) is 145 Å². The van der Waals surface area contributed by atoms with Crippen molar-refractivity contribution in [1.82, 2.24) is 40.6 Å². The Kier molecular flexibility index (Phi) is 6.09. The number of fused-ring (bicyclic) bond motifs is 1. The Balaban J connectivity index is 0.988. The van der Waals surface area contributed by atoms with Crippen LogP contribution in [0.4, 0.5) is 10.1 Å². The summed E-state index contributed by atoms with van der Waals surface area (Å²) in [5.41, 5.74) is 2.29. The van der Waals surface area contributed by atoms with Gasteiger partial charge in [-0.25, -0.2) is 14.4 Å². The lowest BCUT2D eigenvalue weighted by molar-refractivity contribution is -0.127. The van der Waals surface area contributed by atoms with Gasteiger partial charge in [0.15, 0.2) is 11.5 Å². The van der Waals surface area contributed by atoms with Crippen LogP contribution in [0, 0.1) is 11.7 Å². The molecule has 2 amide bonds. The fraction of sp³-hybridized carbons (Fsp3) is 0.429. The fourth-order valence-electron chi connectivity index (χ4n) is 6.32. The number of halogens is 1. The lowest BCUT2D eigenvalue weighted by Gasteiger charge is -2.39. The number of carbonyl (C=O) groups excluding carboxylic acids is 2. The standard InChI is InChI=1S/C28H30FN9O3/c1-41-24-10-18(20(29)14-31-24)21-11-22(35-34-21)27(40)38-9-3-16(12-28(38)5-6-28)26(39)33-17-4-8-37(15-17)23-2-7-30-25-19(23)13-32-36-25/h2,7,10-11,13-14,16-17H,3-6,8-9,12,15H2,1H3,(H,33,39)(H,34,35)(H,30,32,36)/t16-,17+/m0/s1. The summed E-state index contributed by atoms with van der Waals surface area (Å²) in [6, 6.07) is 5.05. The number of anilines is 1. The molecular formula is C28H30FN9O3. The number of piperidine rings is 1. The molecule has 7 rings (SSSR count). The molecular weight excluding hydrogens is 529 g/mol. The predicted octanol–water partition coefficient (Wildman–Crippen LogP) is 2.67. The molecule has 3 fully saturated rings. The van der Waals surface area contributed by atoms with Crippen LogP contribution < -0.4 is 15.0 Å². The summed E-state index contributed by atoms with van der Waals surface area (Å²) >= 11 is 0. The van der Waals surface area contributed by atoms with Crippen molar-refractivity contribution in [3.8, 4) is 17.1 Å². The molecule has 2 atom stereocenters. The van der Waals surface area contributed by atoms with Crippen LogP contribution in [0.25, 0.3) is 22.3 Å². The summed E-state index contributed by atoms with van der Waals surface area (Å²) in [5.74, 6) is -0.566. The number of pyridine rings is 2. The quantitative estimate of drug-likeness (QED) is 0.327. The molecule has 13 heteroatoms. The third-order valence-electron chi connectivity index (χ3n) is 8.67. The Morgan fingerprint density at radius 3 is 2.85 bits per heavy atom. The van der Waals surface area contributed by atoms with Gasteiger partial charge in [0.2, 0.25) is 11.8 Å². The minimum absolute atomic E-state index is 0.0584. The van der Waals surface area contributed by atoms with E-state index in [1.165, 1.54) is 13.2 Å². The molecule has 3 aliphatic rings. The Morgan fingerprint density at radius 2 is 2.02 bits per heavy atom. The summed E-state index contributed by atoms with van der Waals surface area (Å²) in [4.78, 5) is 39.2. The number of nitrogens with one attached hydrogen (secondary N) is 3. The molecule has 2 aliphatic heterocycles. The van der Waals surface area contributed by atoms with E-state index in [0.29, 0.717) is 30.8 Å². The molecule has 0 aromatic carbocycles. The third-order valence-corrected chi connectivity index (χ3v) is 8.67. The molecule has 0 bridgehead atoms. The first kappa shape index (κ1) is 25.4. The van der Waals surface area contributed by atoms with E-state index in [1.54, 1.807) is 18.5 Å². The van der Waals surface area contributed by atoms with Crippen LogP contribution in [-0.2, 0) is 4.79 Å². The maximum Gasteiger partial charge on any atom is 0.272 e. The van der Waals surface area contributed by atoms with Crippen molar-refractivity contribution in [3.63, 3.8) is 0 Å². The zero-order valence-corrected chi connectivity index (χ0v) is 22.6. The van der Waals surface area contributed by atoms with Crippen molar-refractivity contribution in [2.45, 2.75) is 43.7 Å². The van der Waals surface area contributed by atoms with Crippen LogP contribution >= 0.6 is 0 Å². The van der Waals surface area contributed by atoms with Crippen molar-refractivity contribution < 1.29 is 18.7 Å². The minimum Gasteiger partial charge on any atom is -0.481 e. The lowest BCUT2D eigenvalue weighted by Crippen LogP contribution is -2.52. The Bertz CT molecular complexity index is 1630. The van der Waals surface area contributed by atoms with E-state index in [2.05, 4.69) is 40.6 Å². The Labute approximate surface area is 234 Å². The zero-order valence-electron chi connectivity index (χ0n) is 22.6. The van der Waals surface area contributed by atoms with Crippen molar-refractivity contribution in [2.75, 3.05) is 31.6 Å². The molecule has 212 valence electrons. The second-order valence-corrected chi connectivity index (χ2v) is 11.1. The van der Waals surface area contributed by atoms with Crippen molar-refractivity contribution >= 4 is 28.5 Å². The van der Waals surface area contributed by atoms with Crippen molar-refractivity contribution in [1.29, 1.82) is 0 Å². The zero-order chi connectivity index (χ0) is 28.1. The third kappa shape index (κ3) is 4.54. The first-order valence-electron chi connectivity index (χ1n) is 13.8. The van der Waals surface area contributed by atoms with Gasteiger partial charge in [0.25, 0.3) is 5.91 Å². The molecule has 1 aliphatic carbocycles. The Hall–Kier alpha value is -4.55. The molecule has 1 spiro atoms. The number of aromatic nitrogens is 6. The summed E-state index contributed by atoms with van der Waals surface area (Å²) in [5, 5.41) is 18.2. The predicted molar refractivity (Wildman–Crippen MR) is 147 cm³/mol. The van der Waals surface area contributed by atoms with Crippen molar-refractivity contribution in [3.05, 3.63) is 48.3 Å². The van der Waals surface area contributed by atoms with Gasteiger partial charge in [0.05, 0.1) is 36.3 Å². The van der Waals surface area contributed by atoms with E-state index in [-0.39, 0.29) is 40.8 Å². The SMILES string of the molecule is COc1cc(-c2cc(C(=O)N3CC[C@H](C(=O)N[C@@H]4CCN(c5ccnc6[nH]ncc56)C4)CC34CC4)[nH]n2)c(F)cn1. The summed E-state index contributed by atoms with van der Waals surface area (Å²) in [7, 11) is 1.45. The maximum absolute atomic E-state index is 14.4. The summed E-state index contributed by atoms with van der Waals surface area (Å²) < 4.78 is 19.5. The maximum atomic E-state index is 14.4. The van der Waals surface area contributed by atoms with Crippen LogP contribution in [0.5, 0.6) is 5.88 Å². The number of methoxy groups -OCH3 is 1. The molecule has 41 heavy (non-hydrogen) atoms. The number of nitrogens with zero attached hydrogens (tertiary/aromatic N) is 6. The van der Waals surface area contributed by atoms with Gasteiger partial charge in [-0.2, -0.15) is 10.2 Å². The van der Waals surface area contributed by atoms with Gasteiger partial charge in [-0.1, -0.05) is 0 Å². The normalized spacial score (nSPS) is 21.4. The van der Waals surface area contributed by atoms with Gasteiger partial charge in [0.1, 0.15) is 5.69 Å². The second-order valence-electron chi connectivity index (χ2n) is 11.1. The fourth-order valence-corrected chi connectivity index (χ4v) is 6.32. The average Bonchev–Trinajstić information content (AvgIpc) is 3.42. The molecule has 1 saturated carbocycles. The van der Waals surface area contributed by atoms with E-state index < -0.39 is 5.82 Å². The highest BCUT2D eigenvalue weighted by atomic mass is 19.1. The van der Waals surface area contributed by atoms with Gasteiger partial charge < -0.3 is 19.9 Å². The largest absolute Gasteiger partial charge is 0.481 e. The second kappa shape index (κ2) is 9.82. The number of aromatic amines is 2. The molecule has 4 aromatic rings. The molecule has 0 unspecified atom stereocenters. The first-order chi connectivity index (χ1) is 19.9. The molecule has 3 N–H and O–H groups in total. The van der Waals surface area contributed by atoms with E-state index in [0.717, 1.165) is 55.3 Å². The molecule has 4 aromatic heterocycles. The molecule has 12 nitrogen and oxygen atoms in total. The van der Waals surface area contributed by atoms with Crippen LogP contribution in [0.1, 0.15) is 42.6 Å². The van der Waals surface area contributed by atoms with Gasteiger partial charge in [-0.05, 0) is 44.2 Å². The molecule has 0 radical (unpaired) electrons. The van der Waals surface area contributed by atoms with E-state index in [9.17, 15) is 14.0 Å². The number of H-pyrrole nitrogens is 2. The number of likely N-dealkylation sites (tertiary alicyclic amines) is 1. The van der Waals surface area contributed by atoms with Crippen LogP contribution in [0.3, 0.4) is 0 Å². The number of amides is 2. The van der Waals surface area contributed by atoms with Gasteiger partial charge >= 0.3 is 0 Å². The summed E-state index contributed by atoms with van der Waals surface area (Å²) in [6.07, 6.45) is 8.43. The highest BCUT2D eigenvalue weighted by Gasteiger charge is 2.54. The van der Waals surface area contributed by atoms with Gasteiger partial charge in [-0.3, -0.25) is 19.8 Å². The molecule has 2 saturated heterocycles. The Morgan fingerprint density at radius 1 is 1.15 bits per heavy atom. The smallest absolute Gasteiger partial charge is 0.272 e. The monoisotopic (exact) mass is 559 g/mol. The number of rotatable bonds is 6. The number of hydrogen-bond donors (Lipinski definition) is 3. The summed E-state index contributed by atoms with van der Waals surface area (Å²) in [6.45, 7) is 2.05. The highest BCUT2D eigenvalue weighted by Crippen LogP contribution is 2.50. The number of hydrogen-bond acceptors (Lipinski definition) is 8. The number of ether oxygens (including phenoxy) is 1. The van der Waals surface area contributed by atoms with E-state index in [1.807, 2.05) is 11.0 Å². The number of carbonyl (C=O) groups is 2. The van der Waals surface area contributed by atoms with Gasteiger partial charge in [-0.15, -0.1) is 0 Å². The highest BCUT2D eigenvalue weighted by molar-refractivity contribution is 5.94. The first-order valence-corrected chi connectivity index (χ1v) is 13.8. The van der Waals surface area contributed by atoms with Gasteiger partial charge in [0, 0.05) is 55.0 Å². The molecule has 6 heterocycles. The van der Waals surface area contributed by atoms with Crippen LogP contribution in [0.15, 0.2) is 36.8 Å². The van der Waals surface area contributed by atoms with E-state index in [4.69, 9.17) is 4.74 Å². The minimum atomic E-state index is -0.553. The average molecular weight is 560 g/mol. The van der Waals surface area contributed by atoms with Crippen molar-refractivity contribution in [2.24, 2.45) is 5.92 Å².